The van der Waals surface area contributed by atoms with Crippen molar-refractivity contribution in [2.45, 2.75) is 0 Å². The van der Waals surface area contributed by atoms with E-state index in [0.717, 1.165) is 0 Å². The van der Waals surface area contributed by atoms with Gasteiger partial charge in [-0.3, -0.25) is 18.3 Å². The molecule has 0 spiro atoms. The van der Waals surface area contributed by atoms with Crippen molar-refractivity contribution in [3.8, 4) is 0 Å². The van der Waals surface area contributed by atoms with E-state index >= 15 is 0 Å². The van der Waals surface area contributed by atoms with Crippen LogP contribution in [0, 0.1) is 0 Å². The van der Waals surface area contributed by atoms with E-state index in [1.807, 2.05) is 0 Å². The first-order valence-corrected chi connectivity index (χ1v) is 15.2. The van der Waals surface area contributed by atoms with Crippen LogP contribution in [0.3, 0.4) is 0 Å². The monoisotopic (exact) mass is 492 g/mol. The maximum Gasteiger partial charge on any atom is 0.326 e. The molecular weight excluding hydrogens is 464 g/mol. The molecule has 0 saturated carbocycles. The molecule has 0 fully saturated rings. The zero-order valence-corrected chi connectivity index (χ0v) is 18.5. The molecule has 170 valence electrons. The highest BCUT2D eigenvalue weighted by atomic mass is 31.2. The Bertz CT molecular complexity index is 543. The third-order valence-electron chi connectivity index (χ3n) is 3.56. The fourth-order valence-corrected chi connectivity index (χ4v) is 4.21. The van der Waals surface area contributed by atoms with Gasteiger partial charge in [-0.25, -0.2) is 0 Å². The van der Waals surface area contributed by atoms with Crippen molar-refractivity contribution in [1.29, 1.82) is 0 Å². The van der Waals surface area contributed by atoms with Crippen LogP contribution >= 0.6 is 30.4 Å². The molecule has 0 aromatic carbocycles. The molecule has 0 saturated heterocycles. The molecule has 0 unspecified atom stereocenters. The molecule has 8 N–H and O–H groups in total. The van der Waals surface area contributed by atoms with Gasteiger partial charge in [-0.15, -0.1) is 0 Å². The summed E-state index contributed by atoms with van der Waals surface area (Å²) in [7, 11) is -17.4. The summed E-state index contributed by atoms with van der Waals surface area (Å²) in [6, 6.07) is 0. The second-order valence-electron chi connectivity index (χ2n) is 6.24. The molecular formula is C10H28N2O12P4. The summed E-state index contributed by atoms with van der Waals surface area (Å²) in [6.45, 7) is -0.709. The van der Waals surface area contributed by atoms with Gasteiger partial charge in [-0.2, -0.15) is 0 Å². The Labute approximate surface area is 162 Å². The number of hydrogen-bond donors (Lipinski definition) is 8. The molecule has 0 aromatic heterocycles. The fourth-order valence-electron chi connectivity index (χ4n) is 2.04. The number of nitrogens with zero attached hydrogens (tertiary/aromatic N) is 2. The van der Waals surface area contributed by atoms with Crippen molar-refractivity contribution in [2.75, 3.05) is 63.9 Å². The zero-order valence-electron chi connectivity index (χ0n) is 15.0. The molecule has 0 rings (SSSR count). The summed E-state index contributed by atoms with van der Waals surface area (Å²) in [5.74, 6) is 0. The average Bonchev–Trinajstić information content (AvgIpc) is 2.44. The fraction of sp³-hybridized carbons (Fsp3) is 1.00. The minimum absolute atomic E-state index is 0.0162. The highest BCUT2D eigenvalue weighted by molar-refractivity contribution is 7.52. The van der Waals surface area contributed by atoms with E-state index in [1.54, 1.807) is 0 Å². The second kappa shape index (κ2) is 11.8. The van der Waals surface area contributed by atoms with Gasteiger partial charge in [0.1, 0.15) is 0 Å². The lowest BCUT2D eigenvalue weighted by molar-refractivity contribution is 0.218. The maximum absolute atomic E-state index is 11.0. The van der Waals surface area contributed by atoms with Gasteiger partial charge in [0.25, 0.3) is 0 Å². The van der Waals surface area contributed by atoms with Crippen LogP contribution < -0.4 is 0 Å². The summed E-state index contributed by atoms with van der Waals surface area (Å²) >= 11 is 0. The maximum atomic E-state index is 11.0. The molecule has 0 radical (unpaired) electrons. The van der Waals surface area contributed by atoms with Crippen molar-refractivity contribution in [1.82, 2.24) is 9.80 Å². The molecule has 18 heteroatoms. The number of hydrogen-bond acceptors (Lipinski definition) is 6. The average molecular weight is 492 g/mol. The largest absolute Gasteiger partial charge is 0.326 e. The Hall–Kier alpha value is 0.520. The van der Waals surface area contributed by atoms with Crippen molar-refractivity contribution in [3.05, 3.63) is 0 Å². The van der Waals surface area contributed by atoms with Gasteiger partial charge in [0.05, 0.1) is 24.6 Å². The Balaban J connectivity index is 4.95. The van der Waals surface area contributed by atoms with Crippen LogP contribution in [0.1, 0.15) is 0 Å². The van der Waals surface area contributed by atoms with Crippen molar-refractivity contribution >= 4 is 30.4 Å². The minimum Gasteiger partial charge on any atom is -0.324 e. The summed E-state index contributed by atoms with van der Waals surface area (Å²) < 4.78 is 44.1. The molecule has 0 aliphatic heterocycles. The molecule has 0 atom stereocenters. The molecule has 0 aromatic rings. The van der Waals surface area contributed by atoms with E-state index in [4.69, 9.17) is 39.1 Å². The quantitative estimate of drug-likeness (QED) is 0.119. The van der Waals surface area contributed by atoms with Crippen LogP contribution in [0.15, 0.2) is 0 Å². The molecule has 0 aliphatic rings. The standard InChI is InChI=1S/C10H28N2O12P4/c13-25(14,15)7-3-11(4-8-26(16,17)18)1-2-12(5-9-27(19,20)21)6-10-28(22,23)24/h1-10H2,(H2,13,14,15)(H2,16,17,18)(H2,19,20,21)(H2,22,23,24). The first-order valence-electron chi connectivity index (χ1n) is 7.99. The van der Waals surface area contributed by atoms with Gasteiger partial charge in [-0.1, -0.05) is 0 Å². The molecule has 0 bridgehead atoms. The van der Waals surface area contributed by atoms with E-state index in [0.29, 0.717) is 0 Å². The van der Waals surface area contributed by atoms with Gasteiger partial charge in [0, 0.05) is 39.3 Å². The van der Waals surface area contributed by atoms with Gasteiger partial charge in [0.15, 0.2) is 0 Å². The number of rotatable bonds is 15. The molecule has 28 heavy (non-hydrogen) atoms. The predicted octanol–water partition coefficient (Wildman–Crippen LogP) is -1.70. The summed E-state index contributed by atoms with van der Waals surface area (Å²) in [4.78, 5) is 74.5. The van der Waals surface area contributed by atoms with Crippen LogP contribution in [0.2, 0.25) is 0 Å². The predicted molar refractivity (Wildman–Crippen MR) is 101 cm³/mol. The Kier molecular flexibility index (Phi) is 12.0. The first kappa shape index (κ1) is 28.5. The Morgan fingerprint density at radius 1 is 0.393 bits per heavy atom. The van der Waals surface area contributed by atoms with Crippen LogP contribution in [-0.4, -0.2) is 113 Å². The highest BCUT2D eigenvalue weighted by Gasteiger charge is 2.22. The van der Waals surface area contributed by atoms with Crippen LogP contribution in [-0.2, 0) is 18.3 Å². The van der Waals surface area contributed by atoms with Crippen molar-refractivity contribution in [3.63, 3.8) is 0 Å². The molecule has 14 nitrogen and oxygen atoms in total. The van der Waals surface area contributed by atoms with Crippen LogP contribution in [0.25, 0.3) is 0 Å². The highest BCUT2D eigenvalue weighted by Crippen LogP contribution is 2.37. The smallest absolute Gasteiger partial charge is 0.324 e. The molecule has 0 aliphatic carbocycles. The normalized spacial score (nSPS) is 14.2. The van der Waals surface area contributed by atoms with E-state index in [9.17, 15) is 18.3 Å². The lowest BCUT2D eigenvalue weighted by Crippen LogP contribution is -2.40. The SMILES string of the molecule is O=P(O)(O)CCN(CCN(CCP(=O)(O)O)CCP(=O)(O)O)CCP(=O)(O)O. The third-order valence-corrected chi connectivity index (χ3v) is 6.69. The van der Waals surface area contributed by atoms with Gasteiger partial charge < -0.3 is 48.9 Å². The van der Waals surface area contributed by atoms with Crippen molar-refractivity contribution in [2.24, 2.45) is 0 Å². The Morgan fingerprint density at radius 3 is 0.714 bits per heavy atom. The van der Waals surface area contributed by atoms with E-state index in [-0.39, 0.29) is 39.3 Å². The van der Waals surface area contributed by atoms with Crippen LogP contribution in [0.4, 0.5) is 0 Å². The van der Waals surface area contributed by atoms with Gasteiger partial charge in [0.2, 0.25) is 0 Å². The molecule has 0 heterocycles. The molecule has 0 amide bonds. The lowest BCUT2D eigenvalue weighted by atomic mass is 10.4. The Morgan fingerprint density at radius 2 is 0.571 bits per heavy atom. The summed E-state index contributed by atoms with van der Waals surface area (Å²) in [6.07, 6.45) is -2.23. The topological polar surface area (TPSA) is 237 Å². The van der Waals surface area contributed by atoms with Gasteiger partial charge >= 0.3 is 30.4 Å². The van der Waals surface area contributed by atoms with Crippen molar-refractivity contribution < 1.29 is 57.4 Å². The van der Waals surface area contributed by atoms with Crippen LogP contribution in [0.5, 0.6) is 0 Å². The zero-order chi connectivity index (χ0) is 22.2. The summed E-state index contributed by atoms with van der Waals surface area (Å²) in [5.41, 5.74) is 0. The lowest BCUT2D eigenvalue weighted by Gasteiger charge is -2.28. The van der Waals surface area contributed by atoms with Gasteiger partial charge in [-0.05, 0) is 0 Å². The van der Waals surface area contributed by atoms with E-state index < -0.39 is 55.0 Å². The minimum atomic E-state index is -4.36. The van der Waals surface area contributed by atoms with E-state index in [2.05, 4.69) is 0 Å². The third kappa shape index (κ3) is 19.8. The summed E-state index contributed by atoms with van der Waals surface area (Å²) in [5, 5.41) is 0. The second-order valence-corrected chi connectivity index (χ2v) is 13.3. The van der Waals surface area contributed by atoms with E-state index in [1.165, 1.54) is 9.80 Å². The first-order chi connectivity index (χ1) is 12.4.